The molecule has 0 saturated heterocycles. The molecule has 232 valence electrons. The van der Waals surface area contributed by atoms with Gasteiger partial charge in [-0.25, -0.2) is 0 Å². The summed E-state index contributed by atoms with van der Waals surface area (Å²) in [5.74, 6) is 5.29. The van der Waals surface area contributed by atoms with Gasteiger partial charge >= 0.3 is 0 Å². The van der Waals surface area contributed by atoms with Crippen molar-refractivity contribution in [2.24, 2.45) is 68.5 Å². The lowest BCUT2D eigenvalue weighted by Crippen LogP contribution is -2.66. The van der Waals surface area contributed by atoms with E-state index in [0.29, 0.717) is 45.3 Å². The molecule has 0 aliphatic heterocycles. The lowest BCUT2D eigenvalue weighted by molar-refractivity contribution is -0.245. The molecule has 40 heavy (non-hydrogen) atoms. The first-order valence-corrected chi connectivity index (χ1v) is 17.2. The van der Waals surface area contributed by atoms with Crippen LogP contribution in [-0.2, 0) is 0 Å². The van der Waals surface area contributed by atoms with Gasteiger partial charge in [0.15, 0.2) is 0 Å². The highest BCUT2D eigenvalue weighted by molar-refractivity contribution is 5.19. The van der Waals surface area contributed by atoms with Crippen molar-refractivity contribution in [3.8, 4) is 0 Å². The fraction of sp³-hybridized carbons (Fsp3) is 1.00. The predicted molar refractivity (Wildman–Crippen MR) is 162 cm³/mol. The zero-order valence-electron chi connectivity index (χ0n) is 27.3. The third-order valence-electron chi connectivity index (χ3n) is 15.5. The molecule has 0 amide bonds. The van der Waals surface area contributed by atoms with Crippen LogP contribution in [0.1, 0.15) is 132 Å². The largest absolute Gasteiger partial charge is 0.394 e. The number of hydrogen-bond acceptors (Lipinski definition) is 4. The van der Waals surface area contributed by atoms with Crippen LogP contribution in [0.3, 0.4) is 0 Å². The zero-order chi connectivity index (χ0) is 29.5. The molecule has 0 spiro atoms. The van der Waals surface area contributed by atoms with Gasteiger partial charge in [-0.05, 0) is 146 Å². The molecule has 4 nitrogen and oxygen atoms in total. The first kappa shape index (κ1) is 31.3. The van der Waals surface area contributed by atoms with Crippen LogP contribution in [-0.4, -0.2) is 45.3 Å². The minimum Gasteiger partial charge on any atom is -0.394 e. The summed E-state index contributed by atoms with van der Waals surface area (Å²) in [6, 6.07) is 0. The monoisotopic (exact) mass is 560 g/mol. The van der Waals surface area contributed by atoms with Crippen LogP contribution >= 0.6 is 0 Å². The van der Waals surface area contributed by atoms with Crippen LogP contribution in [0.25, 0.3) is 0 Å². The van der Waals surface area contributed by atoms with Crippen molar-refractivity contribution in [2.45, 2.75) is 151 Å². The Balaban J connectivity index is 1.34. The number of rotatable bonds is 7. The summed E-state index contributed by atoms with van der Waals surface area (Å²) < 4.78 is 0. The average molecular weight is 561 g/mol. The maximum Gasteiger partial charge on any atom is 0.108 e. The highest BCUT2D eigenvalue weighted by Crippen LogP contribution is 2.78. The van der Waals surface area contributed by atoms with E-state index in [1.165, 1.54) is 64.2 Å². The Kier molecular flexibility index (Phi) is 8.19. The summed E-state index contributed by atoms with van der Waals surface area (Å²) >= 11 is 0. The van der Waals surface area contributed by atoms with E-state index in [1.54, 1.807) is 0 Å². The van der Waals surface area contributed by atoms with Gasteiger partial charge in [-0.3, -0.25) is 0 Å². The van der Waals surface area contributed by atoms with Crippen molar-refractivity contribution in [2.75, 3.05) is 6.61 Å². The Hall–Kier alpha value is -0.160. The highest BCUT2D eigenvalue weighted by Gasteiger charge is 2.70. The minimum atomic E-state index is -1.27. The van der Waals surface area contributed by atoms with Gasteiger partial charge in [-0.1, -0.05) is 55.4 Å². The molecule has 5 aliphatic carbocycles. The third kappa shape index (κ3) is 4.50. The Morgan fingerprint density at radius 1 is 0.675 bits per heavy atom. The molecule has 0 heterocycles. The summed E-state index contributed by atoms with van der Waals surface area (Å²) in [5, 5.41) is 39.5. The molecule has 5 aliphatic rings. The molecule has 4 heteroatoms. The average Bonchev–Trinajstić information content (AvgIpc) is 3.22. The molecule has 0 radical (unpaired) electrons. The van der Waals surface area contributed by atoms with E-state index in [1.807, 2.05) is 0 Å². The molecule has 5 rings (SSSR count). The van der Waals surface area contributed by atoms with Crippen molar-refractivity contribution >= 4 is 0 Å². The summed E-state index contributed by atoms with van der Waals surface area (Å²) in [7, 11) is 0. The molecule has 5 saturated carbocycles. The van der Waals surface area contributed by atoms with Crippen LogP contribution in [0.15, 0.2) is 0 Å². The van der Waals surface area contributed by atoms with Crippen LogP contribution in [0.4, 0.5) is 0 Å². The van der Waals surface area contributed by atoms with Gasteiger partial charge in [0.25, 0.3) is 0 Å². The van der Waals surface area contributed by atoms with E-state index in [-0.39, 0.29) is 0 Å². The van der Waals surface area contributed by atoms with Crippen LogP contribution in [0.5, 0.6) is 0 Å². The maximum atomic E-state index is 10.5. The van der Waals surface area contributed by atoms with E-state index in [9.17, 15) is 15.3 Å². The van der Waals surface area contributed by atoms with Crippen molar-refractivity contribution in [3.05, 3.63) is 0 Å². The standard InChI is InChI=1S/C36H64O4/c1-22-19-32(3,4)28-15-18-36(8)30(34(28,6)20-22)12-11-29-33(5)16-13-24(25(33)14-17-35(29,36)7)23(2)9-10-26(38)31(40)27(39)21-37/h22-31,37-40H,9-21H2,1-8H3/t22-,23?,24?,25?,26-,27+,28?,29?,30?,31-,33+,34+,35-,36-/m1/s1. The summed E-state index contributed by atoms with van der Waals surface area (Å²) in [6.07, 6.45) is 11.7. The first-order chi connectivity index (χ1) is 18.5. The van der Waals surface area contributed by atoms with Gasteiger partial charge in [-0.2, -0.15) is 0 Å². The first-order valence-electron chi connectivity index (χ1n) is 17.2. The number of fused-ring (bicyclic) bond motifs is 7. The Morgan fingerprint density at radius 3 is 1.90 bits per heavy atom. The molecule has 0 aromatic heterocycles. The molecule has 5 fully saturated rings. The quantitative estimate of drug-likeness (QED) is 0.265. The van der Waals surface area contributed by atoms with Crippen LogP contribution < -0.4 is 0 Å². The van der Waals surface area contributed by atoms with Crippen molar-refractivity contribution < 1.29 is 20.4 Å². The maximum absolute atomic E-state index is 10.5. The second kappa shape index (κ2) is 10.5. The Bertz CT molecular complexity index is 918. The van der Waals surface area contributed by atoms with Gasteiger partial charge in [0.05, 0.1) is 12.7 Å². The Morgan fingerprint density at radius 2 is 1.27 bits per heavy atom. The van der Waals surface area contributed by atoms with Gasteiger partial charge in [0.2, 0.25) is 0 Å². The normalized spacial score (nSPS) is 51.0. The molecule has 0 aromatic carbocycles. The lowest BCUT2D eigenvalue weighted by Gasteiger charge is -2.73. The summed E-state index contributed by atoms with van der Waals surface area (Å²) in [6.45, 7) is 20.4. The molecule has 0 aromatic rings. The minimum absolute atomic E-state index is 0.405. The lowest BCUT2D eigenvalue weighted by atomic mass is 9.31. The SMILES string of the molecule is CC(CC[C@@H](O)[C@@H](O)[C@@H](O)CO)C1CC[C@@]2(C)C1CC[C@]1(C)C2CCC2[C@@]3(C)C[C@H](C)CC(C)(C)C3CC[C@]21C. The predicted octanol–water partition coefficient (Wildman–Crippen LogP) is 7.22. The zero-order valence-corrected chi connectivity index (χ0v) is 27.3. The van der Waals surface area contributed by atoms with Crippen molar-refractivity contribution in [1.29, 1.82) is 0 Å². The van der Waals surface area contributed by atoms with E-state index in [2.05, 4.69) is 55.4 Å². The van der Waals surface area contributed by atoms with Gasteiger partial charge < -0.3 is 20.4 Å². The number of hydrogen-bond donors (Lipinski definition) is 4. The van der Waals surface area contributed by atoms with Crippen LogP contribution in [0.2, 0.25) is 0 Å². The fourth-order valence-electron chi connectivity index (χ4n) is 13.9. The smallest absolute Gasteiger partial charge is 0.108 e. The topological polar surface area (TPSA) is 80.9 Å². The van der Waals surface area contributed by atoms with Gasteiger partial charge in [-0.15, -0.1) is 0 Å². The van der Waals surface area contributed by atoms with E-state index >= 15 is 0 Å². The summed E-state index contributed by atoms with van der Waals surface area (Å²) in [4.78, 5) is 0. The molecule has 0 bridgehead atoms. The molecule has 4 N–H and O–H groups in total. The number of aliphatic hydroxyl groups excluding tert-OH is 4. The Labute approximate surface area is 246 Å². The fourth-order valence-corrected chi connectivity index (χ4v) is 13.9. The van der Waals surface area contributed by atoms with Crippen LogP contribution in [0, 0.1) is 68.5 Å². The number of aliphatic hydroxyl groups is 4. The molecular weight excluding hydrogens is 496 g/mol. The van der Waals surface area contributed by atoms with Gasteiger partial charge in [0, 0.05) is 0 Å². The van der Waals surface area contributed by atoms with Crippen molar-refractivity contribution in [3.63, 3.8) is 0 Å². The van der Waals surface area contributed by atoms with Gasteiger partial charge in [0.1, 0.15) is 12.2 Å². The molecule has 14 atom stereocenters. The third-order valence-corrected chi connectivity index (χ3v) is 15.5. The van der Waals surface area contributed by atoms with E-state index in [4.69, 9.17) is 5.11 Å². The molecule has 6 unspecified atom stereocenters. The van der Waals surface area contributed by atoms with Crippen molar-refractivity contribution in [1.82, 2.24) is 0 Å². The molecular formula is C36H64O4. The summed E-state index contributed by atoms with van der Waals surface area (Å²) in [5.41, 5.74) is 2.19. The highest BCUT2D eigenvalue weighted by atomic mass is 16.4. The van der Waals surface area contributed by atoms with E-state index in [0.717, 1.165) is 36.0 Å². The van der Waals surface area contributed by atoms with E-state index < -0.39 is 24.9 Å². The second-order valence-corrected chi connectivity index (χ2v) is 17.8. The second-order valence-electron chi connectivity index (χ2n) is 17.8.